The van der Waals surface area contributed by atoms with Crippen LogP contribution in [0, 0.1) is 5.82 Å². The van der Waals surface area contributed by atoms with E-state index in [4.69, 9.17) is 15.2 Å². The van der Waals surface area contributed by atoms with E-state index in [2.05, 4.69) is 5.32 Å². The van der Waals surface area contributed by atoms with Crippen LogP contribution >= 0.6 is 0 Å². The third kappa shape index (κ3) is 7.66. The molecule has 1 atom stereocenters. The Morgan fingerprint density at radius 1 is 1.06 bits per heavy atom. The number of amides is 3. The number of imide groups is 1. The number of nitrogens with two attached hydrogens (primary N) is 1. The van der Waals surface area contributed by atoms with E-state index < -0.39 is 41.9 Å². The first-order valence-electron chi connectivity index (χ1n) is 9.97. The quantitative estimate of drug-likeness (QED) is 0.678. The van der Waals surface area contributed by atoms with Crippen LogP contribution < -0.4 is 15.8 Å². The summed E-state index contributed by atoms with van der Waals surface area (Å²) >= 11 is 0. The predicted octanol–water partition coefficient (Wildman–Crippen LogP) is 3.11. The molecule has 0 spiro atoms. The zero-order valence-electron chi connectivity index (χ0n) is 18.6. The van der Waals surface area contributed by atoms with Gasteiger partial charge in [0.15, 0.2) is 0 Å². The lowest BCUT2D eigenvalue weighted by molar-refractivity contribution is -0.135. The lowest BCUT2D eigenvalue weighted by Crippen LogP contribution is -2.51. The zero-order valence-corrected chi connectivity index (χ0v) is 18.6. The van der Waals surface area contributed by atoms with Crippen LogP contribution in [0.3, 0.4) is 0 Å². The van der Waals surface area contributed by atoms with Crippen LogP contribution in [0.5, 0.6) is 5.75 Å². The van der Waals surface area contributed by atoms with Crippen molar-refractivity contribution in [1.82, 2.24) is 4.90 Å². The molecule has 3 amide bonds. The number of nitrogens with one attached hydrogen (secondary N) is 1. The second-order valence-corrected chi connectivity index (χ2v) is 8.12. The maximum Gasteiger partial charge on any atom is 0.417 e. The van der Waals surface area contributed by atoms with Crippen LogP contribution in [-0.4, -0.2) is 48.1 Å². The summed E-state index contributed by atoms with van der Waals surface area (Å²) in [6.07, 6.45) is -0.930. The van der Waals surface area contributed by atoms with E-state index in [1.165, 1.54) is 31.4 Å². The summed E-state index contributed by atoms with van der Waals surface area (Å²) in [6.45, 7) is 4.34. The average Bonchev–Trinajstić information content (AvgIpc) is 2.72. The van der Waals surface area contributed by atoms with Crippen molar-refractivity contribution in [1.29, 1.82) is 0 Å². The molecule has 0 aliphatic rings. The minimum absolute atomic E-state index is 0.0541. The molecule has 0 aliphatic carbocycles. The van der Waals surface area contributed by atoms with Crippen LogP contribution in [0.4, 0.5) is 14.9 Å². The van der Waals surface area contributed by atoms with E-state index in [1.54, 1.807) is 45.0 Å². The molecule has 8 nitrogen and oxygen atoms in total. The summed E-state index contributed by atoms with van der Waals surface area (Å²) in [4.78, 5) is 38.8. The molecule has 0 radical (unpaired) electrons. The van der Waals surface area contributed by atoms with Crippen molar-refractivity contribution < 1.29 is 28.2 Å². The van der Waals surface area contributed by atoms with Gasteiger partial charge in [0.25, 0.3) is 0 Å². The third-order valence-corrected chi connectivity index (χ3v) is 4.24. The number of carbonyl (C=O) groups excluding carboxylic acids is 3. The summed E-state index contributed by atoms with van der Waals surface area (Å²) in [7, 11) is 1.52. The highest BCUT2D eigenvalue weighted by Crippen LogP contribution is 2.16. The van der Waals surface area contributed by atoms with E-state index in [9.17, 15) is 18.8 Å². The number of hydrogen-bond acceptors (Lipinski definition) is 6. The van der Waals surface area contributed by atoms with Gasteiger partial charge in [0.1, 0.15) is 23.7 Å². The zero-order chi connectivity index (χ0) is 23.9. The Morgan fingerprint density at radius 3 is 2.19 bits per heavy atom. The van der Waals surface area contributed by atoms with E-state index in [0.717, 1.165) is 0 Å². The first-order chi connectivity index (χ1) is 15.0. The molecule has 0 heterocycles. The molecule has 0 unspecified atom stereocenters. The van der Waals surface area contributed by atoms with Crippen molar-refractivity contribution in [2.24, 2.45) is 5.73 Å². The molecule has 2 rings (SSSR count). The monoisotopic (exact) mass is 445 g/mol. The Kier molecular flexibility index (Phi) is 8.31. The third-order valence-electron chi connectivity index (χ3n) is 4.24. The van der Waals surface area contributed by atoms with Gasteiger partial charge in [-0.25, -0.2) is 14.1 Å². The number of carbonyl (C=O) groups is 3. The van der Waals surface area contributed by atoms with E-state index in [1.807, 2.05) is 0 Å². The highest BCUT2D eigenvalue weighted by Gasteiger charge is 2.32. The molecule has 2 aromatic carbocycles. The number of anilines is 1. The highest BCUT2D eigenvalue weighted by atomic mass is 19.1. The van der Waals surface area contributed by atoms with Gasteiger partial charge in [0.2, 0.25) is 11.8 Å². The Hall–Kier alpha value is -3.46. The summed E-state index contributed by atoms with van der Waals surface area (Å²) in [5.74, 6) is -1.20. The van der Waals surface area contributed by atoms with Gasteiger partial charge < -0.3 is 20.5 Å². The van der Waals surface area contributed by atoms with Crippen LogP contribution in [0.1, 0.15) is 26.3 Å². The molecule has 0 aromatic heterocycles. The Balaban J connectivity index is 2.14. The van der Waals surface area contributed by atoms with Crippen molar-refractivity contribution in [3.63, 3.8) is 0 Å². The second-order valence-electron chi connectivity index (χ2n) is 8.12. The number of benzene rings is 2. The molecule has 3 N–H and O–H groups in total. The summed E-state index contributed by atoms with van der Waals surface area (Å²) in [6, 6.07) is 10.9. The summed E-state index contributed by atoms with van der Waals surface area (Å²) in [5, 5.41) is 2.61. The lowest BCUT2D eigenvalue weighted by Gasteiger charge is -2.27. The molecule has 0 fully saturated rings. The van der Waals surface area contributed by atoms with Gasteiger partial charge in [-0.3, -0.25) is 9.59 Å². The van der Waals surface area contributed by atoms with Crippen molar-refractivity contribution in [2.75, 3.05) is 19.0 Å². The number of ether oxygens (including phenoxy) is 2. The maximum absolute atomic E-state index is 13.1. The first kappa shape index (κ1) is 24.8. The van der Waals surface area contributed by atoms with E-state index >= 15 is 0 Å². The first-order valence-corrected chi connectivity index (χ1v) is 9.97. The Bertz CT molecular complexity index is 940. The van der Waals surface area contributed by atoms with Gasteiger partial charge in [-0.1, -0.05) is 12.1 Å². The molecular formula is C23H28FN3O5. The maximum atomic E-state index is 13.1. The fraction of sp³-hybridized carbons (Fsp3) is 0.348. The minimum Gasteiger partial charge on any atom is -0.497 e. The van der Waals surface area contributed by atoms with Gasteiger partial charge in [-0.2, -0.15) is 0 Å². The van der Waals surface area contributed by atoms with Crippen molar-refractivity contribution >= 4 is 23.6 Å². The lowest BCUT2D eigenvalue weighted by atomic mass is 10.1. The SMILES string of the molecule is COc1ccc(NC(=O)CN(C(=O)OC(C)(C)C)C(=O)[C@@H](N)Cc2ccc(F)cc2)cc1. The predicted molar refractivity (Wildman–Crippen MR) is 118 cm³/mol. The van der Waals surface area contributed by atoms with Gasteiger partial charge >= 0.3 is 6.09 Å². The van der Waals surface area contributed by atoms with Crippen molar-refractivity contribution in [3.05, 3.63) is 59.9 Å². The molecule has 0 saturated carbocycles. The van der Waals surface area contributed by atoms with Crippen molar-refractivity contribution in [2.45, 2.75) is 38.8 Å². The number of nitrogens with zero attached hydrogens (tertiary/aromatic N) is 1. The molecule has 172 valence electrons. The van der Waals surface area contributed by atoms with Gasteiger partial charge in [0, 0.05) is 5.69 Å². The number of halogens is 1. The van der Waals surface area contributed by atoms with Gasteiger partial charge in [-0.05, 0) is 69.2 Å². The second kappa shape index (κ2) is 10.7. The smallest absolute Gasteiger partial charge is 0.417 e. The number of hydrogen-bond donors (Lipinski definition) is 2. The Morgan fingerprint density at radius 2 is 1.66 bits per heavy atom. The van der Waals surface area contributed by atoms with E-state index in [0.29, 0.717) is 21.9 Å². The van der Waals surface area contributed by atoms with E-state index in [-0.39, 0.29) is 6.42 Å². The molecule has 2 aromatic rings. The summed E-state index contributed by atoms with van der Waals surface area (Å²) < 4.78 is 23.5. The normalized spacial score (nSPS) is 11.9. The summed E-state index contributed by atoms with van der Waals surface area (Å²) in [5.41, 5.74) is 6.20. The van der Waals surface area contributed by atoms with Crippen LogP contribution in [0.25, 0.3) is 0 Å². The molecular weight excluding hydrogens is 417 g/mol. The number of methoxy groups -OCH3 is 1. The standard InChI is InChI=1S/C23H28FN3O5/c1-23(2,3)32-22(30)27(14-20(28)26-17-9-11-18(31-4)12-10-17)21(29)19(25)13-15-5-7-16(24)8-6-15/h5-12,19H,13-14,25H2,1-4H3,(H,26,28)/t19-/m0/s1. The van der Waals surface area contributed by atoms with Crippen LogP contribution in [0.2, 0.25) is 0 Å². The van der Waals surface area contributed by atoms with Crippen LogP contribution in [-0.2, 0) is 20.7 Å². The minimum atomic E-state index is -1.14. The fourth-order valence-electron chi connectivity index (χ4n) is 2.73. The highest BCUT2D eigenvalue weighted by molar-refractivity contribution is 6.01. The topological polar surface area (TPSA) is 111 Å². The molecule has 32 heavy (non-hydrogen) atoms. The molecule has 0 saturated heterocycles. The molecule has 0 bridgehead atoms. The molecule has 9 heteroatoms. The number of rotatable bonds is 7. The van der Waals surface area contributed by atoms with Gasteiger partial charge in [-0.15, -0.1) is 0 Å². The Labute approximate surface area is 186 Å². The van der Waals surface area contributed by atoms with Crippen LogP contribution in [0.15, 0.2) is 48.5 Å². The average molecular weight is 445 g/mol. The van der Waals surface area contributed by atoms with Gasteiger partial charge in [0.05, 0.1) is 13.2 Å². The molecule has 0 aliphatic heterocycles. The van der Waals surface area contributed by atoms with Crippen molar-refractivity contribution in [3.8, 4) is 5.75 Å². The largest absolute Gasteiger partial charge is 0.497 e. The fourth-order valence-corrected chi connectivity index (χ4v) is 2.73.